The molecular weight excluding hydrogens is 511 g/mol. The molecule has 1 aromatic carbocycles. The third-order valence-corrected chi connectivity index (χ3v) is 4.47. The molecule has 1 atom stereocenters. The Bertz CT molecular complexity index is 616. The molecule has 0 bridgehead atoms. The van der Waals surface area contributed by atoms with Crippen LogP contribution in [0.3, 0.4) is 0 Å². The van der Waals surface area contributed by atoms with Crippen LogP contribution in [0.1, 0.15) is 20.3 Å². The van der Waals surface area contributed by atoms with Gasteiger partial charge in [0.05, 0.1) is 38.6 Å². The zero-order valence-electron chi connectivity index (χ0n) is 19.3. The molecule has 1 unspecified atom stereocenters. The lowest BCUT2D eigenvalue weighted by Gasteiger charge is -2.29. The Labute approximate surface area is 204 Å². The fourth-order valence-electron chi connectivity index (χ4n) is 2.96. The summed E-state index contributed by atoms with van der Waals surface area (Å²) in [6, 6.07) is 7.91. The minimum Gasteiger partial charge on any atom is -0.491 e. The number of nitrogens with one attached hydrogen (secondary N) is 2. The van der Waals surface area contributed by atoms with E-state index in [1.807, 2.05) is 38.1 Å². The smallest absolute Gasteiger partial charge is 0.195 e. The van der Waals surface area contributed by atoms with E-state index in [0.29, 0.717) is 26.4 Å². The van der Waals surface area contributed by atoms with Gasteiger partial charge in [-0.2, -0.15) is 0 Å². The number of hydrogen-bond acceptors (Lipinski definition) is 6. The summed E-state index contributed by atoms with van der Waals surface area (Å²) in [7, 11) is 3.79. The Balaban J connectivity index is 0.00000480. The molecule has 0 saturated carbocycles. The highest BCUT2D eigenvalue weighted by Gasteiger charge is 2.17. The lowest BCUT2D eigenvalue weighted by molar-refractivity contribution is -0.0136. The van der Waals surface area contributed by atoms with Gasteiger partial charge < -0.3 is 34.5 Å². The lowest BCUT2D eigenvalue weighted by atomic mass is 10.3. The summed E-state index contributed by atoms with van der Waals surface area (Å²) in [5.74, 6) is 1.59. The van der Waals surface area contributed by atoms with Crippen molar-refractivity contribution in [2.24, 2.45) is 4.99 Å². The molecule has 178 valence electrons. The van der Waals surface area contributed by atoms with E-state index in [2.05, 4.69) is 22.6 Å². The minimum atomic E-state index is 0. The topological polar surface area (TPSA) is 76.6 Å². The predicted octanol–water partition coefficient (Wildman–Crippen LogP) is 2.83. The summed E-state index contributed by atoms with van der Waals surface area (Å²) in [6.45, 7) is 9.95. The van der Waals surface area contributed by atoms with Crippen LogP contribution in [0.4, 0.5) is 5.69 Å². The Hall–Kier alpha value is -1.14. The summed E-state index contributed by atoms with van der Waals surface area (Å²) in [6.07, 6.45) is 1.15. The van der Waals surface area contributed by atoms with Crippen molar-refractivity contribution in [2.45, 2.75) is 32.5 Å². The van der Waals surface area contributed by atoms with E-state index < -0.39 is 0 Å². The van der Waals surface area contributed by atoms with E-state index in [4.69, 9.17) is 23.9 Å². The van der Waals surface area contributed by atoms with Crippen LogP contribution in [0.5, 0.6) is 5.75 Å². The van der Waals surface area contributed by atoms with Crippen LogP contribution in [-0.4, -0.2) is 89.8 Å². The molecule has 9 heteroatoms. The Kier molecular flexibility index (Phi) is 14.8. The number of ether oxygens (including phenoxy) is 4. The van der Waals surface area contributed by atoms with Gasteiger partial charge in [-0.1, -0.05) is 0 Å². The second-order valence-corrected chi connectivity index (χ2v) is 7.65. The molecule has 1 aliphatic rings. The molecule has 0 amide bonds. The number of anilines is 1. The number of aliphatic imine (C=N–C) groups is 1. The lowest BCUT2D eigenvalue weighted by Crippen LogP contribution is -2.42. The number of nitrogens with zero attached hydrogens (tertiary/aromatic N) is 2. The molecule has 2 rings (SSSR count). The number of hydrogen-bond donors (Lipinski definition) is 2. The Morgan fingerprint density at radius 1 is 1.23 bits per heavy atom. The number of likely N-dealkylation sites (N-methyl/N-ethyl adjacent to an activating group) is 1. The van der Waals surface area contributed by atoms with Gasteiger partial charge in [-0.15, -0.1) is 24.0 Å². The molecule has 1 aliphatic heterocycles. The van der Waals surface area contributed by atoms with Gasteiger partial charge >= 0.3 is 0 Å². The summed E-state index contributed by atoms with van der Waals surface area (Å²) in [4.78, 5) is 7.02. The minimum absolute atomic E-state index is 0. The van der Waals surface area contributed by atoms with Crippen molar-refractivity contribution in [3.05, 3.63) is 24.3 Å². The fourth-order valence-corrected chi connectivity index (χ4v) is 2.96. The third-order valence-electron chi connectivity index (χ3n) is 4.47. The molecule has 1 fully saturated rings. The van der Waals surface area contributed by atoms with Crippen molar-refractivity contribution in [1.82, 2.24) is 10.2 Å². The van der Waals surface area contributed by atoms with Crippen molar-refractivity contribution in [1.29, 1.82) is 0 Å². The maximum atomic E-state index is 5.83. The SMILES string of the molecule is COCCOCCCNC(=NCC1CN(C)CCO1)Nc1ccc(OC(C)C)cc1.I. The van der Waals surface area contributed by atoms with Gasteiger partial charge in [0, 0.05) is 39.0 Å². The monoisotopic (exact) mass is 550 g/mol. The maximum Gasteiger partial charge on any atom is 0.195 e. The normalized spacial score (nSPS) is 17.3. The van der Waals surface area contributed by atoms with Gasteiger partial charge in [0.15, 0.2) is 5.96 Å². The molecule has 1 saturated heterocycles. The highest BCUT2D eigenvalue weighted by molar-refractivity contribution is 14.0. The first-order valence-corrected chi connectivity index (χ1v) is 10.8. The first-order valence-electron chi connectivity index (χ1n) is 10.8. The van der Waals surface area contributed by atoms with E-state index in [1.165, 1.54) is 0 Å². The standard InChI is InChI=1S/C22H38N4O4.HI/c1-18(2)30-20-8-6-19(7-9-20)25-22(23-10-5-12-28-15-14-27-4)24-16-21-17-26(3)11-13-29-21;/h6-9,18,21H,5,10-17H2,1-4H3,(H2,23,24,25);1H. The van der Waals surface area contributed by atoms with Crippen molar-refractivity contribution >= 4 is 35.6 Å². The summed E-state index contributed by atoms with van der Waals surface area (Å²) >= 11 is 0. The highest BCUT2D eigenvalue weighted by atomic mass is 127. The van der Waals surface area contributed by atoms with Gasteiger partial charge in [0.2, 0.25) is 0 Å². The molecule has 1 aromatic rings. The maximum absolute atomic E-state index is 5.83. The number of rotatable bonds is 12. The summed E-state index contributed by atoms with van der Waals surface area (Å²) in [5, 5.41) is 6.76. The van der Waals surface area contributed by atoms with E-state index in [1.54, 1.807) is 7.11 Å². The van der Waals surface area contributed by atoms with E-state index in [9.17, 15) is 0 Å². The van der Waals surface area contributed by atoms with E-state index >= 15 is 0 Å². The van der Waals surface area contributed by atoms with Crippen LogP contribution >= 0.6 is 24.0 Å². The first-order chi connectivity index (χ1) is 14.6. The first kappa shape index (κ1) is 27.9. The molecule has 31 heavy (non-hydrogen) atoms. The van der Waals surface area contributed by atoms with Crippen LogP contribution in [0.2, 0.25) is 0 Å². The van der Waals surface area contributed by atoms with Gasteiger partial charge in [-0.3, -0.25) is 4.99 Å². The van der Waals surface area contributed by atoms with E-state index in [-0.39, 0.29) is 36.2 Å². The number of methoxy groups -OCH3 is 1. The quantitative estimate of drug-likeness (QED) is 0.180. The van der Waals surface area contributed by atoms with Crippen LogP contribution < -0.4 is 15.4 Å². The number of guanidine groups is 1. The molecule has 8 nitrogen and oxygen atoms in total. The van der Waals surface area contributed by atoms with Crippen molar-refractivity contribution in [2.75, 3.05) is 72.1 Å². The van der Waals surface area contributed by atoms with Crippen molar-refractivity contribution < 1.29 is 18.9 Å². The Morgan fingerprint density at radius 3 is 2.68 bits per heavy atom. The molecule has 0 aromatic heterocycles. The van der Waals surface area contributed by atoms with Gasteiger partial charge in [0.25, 0.3) is 0 Å². The fraction of sp³-hybridized carbons (Fsp3) is 0.682. The number of halogens is 1. The van der Waals surface area contributed by atoms with Crippen LogP contribution in [0, 0.1) is 0 Å². The van der Waals surface area contributed by atoms with Crippen molar-refractivity contribution in [3.63, 3.8) is 0 Å². The zero-order chi connectivity index (χ0) is 21.6. The average molecular weight is 550 g/mol. The molecule has 1 heterocycles. The second-order valence-electron chi connectivity index (χ2n) is 7.65. The summed E-state index contributed by atoms with van der Waals surface area (Å²) in [5.41, 5.74) is 0.954. The van der Waals surface area contributed by atoms with E-state index in [0.717, 1.165) is 50.1 Å². The summed E-state index contributed by atoms with van der Waals surface area (Å²) < 4.78 is 22.0. The zero-order valence-corrected chi connectivity index (χ0v) is 21.6. The molecule has 0 aliphatic carbocycles. The van der Waals surface area contributed by atoms with Crippen molar-refractivity contribution in [3.8, 4) is 5.75 Å². The van der Waals surface area contributed by atoms with Crippen LogP contribution in [0.25, 0.3) is 0 Å². The third kappa shape index (κ3) is 12.5. The molecule has 0 spiro atoms. The molecule has 0 radical (unpaired) electrons. The Morgan fingerprint density at radius 2 is 2.00 bits per heavy atom. The number of morpholine rings is 1. The van der Waals surface area contributed by atoms with Crippen LogP contribution in [-0.2, 0) is 14.2 Å². The van der Waals surface area contributed by atoms with Gasteiger partial charge in [-0.05, 0) is 51.6 Å². The van der Waals surface area contributed by atoms with Gasteiger partial charge in [-0.25, -0.2) is 0 Å². The van der Waals surface area contributed by atoms with Gasteiger partial charge in [0.1, 0.15) is 5.75 Å². The average Bonchev–Trinajstić information content (AvgIpc) is 2.72. The van der Waals surface area contributed by atoms with Crippen LogP contribution in [0.15, 0.2) is 29.3 Å². The molecule has 2 N–H and O–H groups in total. The largest absolute Gasteiger partial charge is 0.491 e. The highest BCUT2D eigenvalue weighted by Crippen LogP contribution is 2.17. The number of benzene rings is 1. The molecular formula is C22H39IN4O4. The predicted molar refractivity (Wildman–Crippen MR) is 136 cm³/mol. The second kappa shape index (κ2) is 16.5.